The first-order valence-corrected chi connectivity index (χ1v) is 8.76. The molecule has 1 aliphatic rings. The molecule has 0 spiro atoms. The predicted molar refractivity (Wildman–Crippen MR) is 85.0 cm³/mol. The number of thiocarbonyl (C=S) groups is 1. The molecule has 0 bridgehead atoms. The lowest BCUT2D eigenvalue weighted by Gasteiger charge is -2.24. The lowest BCUT2D eigenvalue weighted by molar-refractivity contribution is 0.427. The number of benzene rings is 1. The zero-order valence-corrected chi connectivity index (χ0v) is 13.2. The third kappa shape index (κ3) is 4.01. The van der Waals surface area contributed by atoms with Crippen LogP contribution in [0.25, 0.3) is 0 Å². The molecular formula is C14H20N2O2S2. The molecule has 20 heavy (non-hydrogen) atoms. The summed E-state index contributed by atoms with van der Waals surface area (Å²) in [4.78, 5) is 0.316. The van der Waals surface area contributed by atoms with Crippen LogP contribution in [0.4, 0.5) is 0 Å². The second kappa shape index (κ2) is 5.79. The SMILES string of the molecule is CC1(NS(=O)(=O)Cc2ccc(C(N)=S)cc2)CCCC1. The molecule has 6 heteroatoms. The van der Waals surface area contributed by atoms with Crippen LogP contribution in [0.5, 0.6) is 0 Å². The van der Waals surface area contributed by atoms with Crippen molar-refractivity contribution in [2.24, 2.45) is 5.73 Å². The normalized spacial score (nSPS) is 18.1. The summed E-state index contributed by atoms with van der Waals surface area (Å²) in [7, 11) is -3.32. The Kier molecular flexibility index (Phi) is 4.46. The zero-order chi connectivity index (χ0) is 14.8. The average Bonchev–Trinajstić information content (AvgIpc) is 2.74. The summed E-state index contributed by atoms with van der Waals surface area (Å²) in [5.74, 6) is -0.0137. The van der Waals surface area contributed by atoms with Crippen molar-refractivity contribution < 1.29 is 8.42 Å². The van der Waals surface area contributed by atoms with Crippen molar-refractivity contribution in [3.05, 3.63) is 35.4 Å². The van der Waals surface area contributed by atoms with Crippen molar-refractivity contribution in [1.82, 2.24) is 4.72 Å². The van der Waals surface area contributed by atoms with Crippen LogP contribution in [0.1, 0.15) is 43.7 Å². The molecule has 0 aliphatic heterocycles. The Morgan fingerprint density at radius 1 is 1.30 bits per heavy atom. The molecule has 0 aromatic heterocycles. The van der Waals surface area contributed by atoms with Crippen LogP contribution in [0, 0.1) is 0 Å². The minimum atomic E-state index is -3.32. The van der Waals surface area contributed by atoms with Gasteiger partial charge in [0.05, 0.1) is 5.75 Å². The fourth-order valence-electron chi connectivity index (χ4n) is 2.65. The molecule has 1 aliphatic carbocycles. The van der Waals surface area contributed by atoms with Crippen LogP contribution < -0.4 is 10.5 Å². The Morgan fingerprint density at radius 2 is 1.85 bits per heavy atom. The van der Waals surface area contributed by atoms with E-state index in [9.17, 15) is 8.42 Å². The van der Waals surface area contributed by atoms with Crippen LogP contribution in [-0.4, -0.2) is 18.9 Å². The summed E-state index contributed by atoms with van der Waals surface area (Å²) in [6, 6.07) is 7.02. The maximum atomic E-state index is 12.2. The number of hydrogen-bond donors (Lipinski definition) is 2. The van der Waals surface area contributed by atoms with E-state index < -0.39 is 10.0 Å². The van der Waals surface area contributed by atoms with Gasteiger partial charge in [-0.2, -0.15) is 0 Å². The van der Waals surface area contributed by atoms with E-state index in [-0.39, 0.29) is 11.3 Å². The summed E-state index contributed by atoms with van der Waals surface area (Å²) in [5.41, 5.74) is 6.72. The third-order valence-corrected chi connectivity index (χ3v) is 5.46. The smallest absolute Gasteiger partial charge is 0.216 e. The molecule has 3 N–H and O–H groups in total. The first-order chi connectivity index (χ1) is 9.30. The van der Waals surface area contributed by atoms with Gasteiger partial charge in [-0.05, 0) is 25.3 Å². The Bertz CT molecular complexity index is 588. The predicted octanol–water partition coefficient (Wildman–Crippen LogP) is 2.07. The highest BCUT2D eigenvalue weighted by Gasteiger charge is 2.32. The van der Waals surface area contributed by atoms with Gasteiger partial charge in [0.25, 0.3) is 0 Å². The van der Waals surface area contributed by atoms with Gasteiger partial charge in [0.15, 0.2) is 0 Å². The lowest BCUT2D eigenvalue weighted by atomic mass is 10.0. The second-order valence-electron chi connectivity index (χ2n) is 5.69. The molecule has 1 aromatic carbocycles. The summed E-state index contributed by atoms with van der Waals surface area (Å²) >= 11 is 4.87. The fourth-order valence-corrected chi connectivity index (χ4v) is 4.45. The topological polar surface area (TPSA) is 72.2 Å². The highest BCUT2D eigenvalue weighted by Crippen LogP contribution is 2.29. The van der Waals surface area contributed by atoms with Gasteiger partial charge in [-0.15, -0.1) is 0 Å². The van der Waals surface area contributed by atoms with Gasteiger partial charge in [0.2, 0.25) is 10.0 Å². The quantitative estimate of drug-likeness (QED) is 0.817. The summed E-state index contributed by atoms with van der Waals surface area (Å²) in [6.45, 7) is 1.98. The van der Waals surface area contributed by atoms with Crippen LogP contribution in [0.2, 0.25) is 0 Å². The Balaban J connectivity index is 2.06. The number of sulfonamides is 1. The highest BCUT2D eigenvalue weighted by atomic mass is 32.2. The van der Waals surface area contributed by atoms with Gasteiger partial charge in [-0.3, -0.25) is 0 Å². The number of rotatable bonds is 5. The van der Waals surface area contributed by atoms with Gasteiger partial charge in [0.1, 0.15) is 4.99 Å². The molecule has 1 fully saturated rings. The lowest BCUT2D eigenvalue weighted by Crippen LogP contribution is -2.43. The largest absolute Gasteiger partial charge is 0.389 e. The van der Waals surface area contributed by atoms with E-state index in [0.717, 1.165) is 36.8 Å². The van der Waals surface area contributed by atoms with Gasteiger partial charge < -0.3 is 5.73 Å². The van der Waals surface area contributed by atoms with Crippen molar-refractivity contribution in [2.75, 3.05) is 0 Å². The molecule has 0 atom stereocenters. The minimum absolute atomic E-state index is 0.0137. The maximum Gasteiger partial charge on any atom is 0.216 e. The van der Waals surface area contributed by atoms with E-state index in [2.05, 4.69) is 4.72 Å². The van der Waals surface area contributed by atoms with E-state index in [1.807, 2.05) is 6.92 Å². The number of hydrogen-bond acceptors (Lipinski definition) is 3. The summed E-state index contributed by atoms with van der Waals surface area (Å²) in [5, 5.41) is 0. The van der Waals surface area contributed by atoms with E-state index in [1.54, 1.807) is 24.3 Å². The number of nitrogens with two attached hydrogens (primary N) is 1. The van der Waals surface area contributed by atoms with Gasteiger partial charge in [-0.1, -0.05) is 49.3 Å². The third-order valence-electron chi connectivity index (χ3n) is 3.70. The van der Waals surface area contributed by atoms with Crippen LogP contribution in [0.15, 0.2) is 24.3 Å². The van der Waals surface area contributed by atoms with Crippen molar-refractivity contribution >= 4 is 27.2 Å². The fraction of sp³-hybridized carbons (Fsp3) is 0.500. The minimum Gasteiger partial charge on any atom is -0.389 e. The van der Waals surface area contributed by atoms with E-state index in [0.29, 0.717) is 4.99 Å². The zero-order valence-electron chi connectivity index (χ0n) is 11.6. The molecule has 0 unspecified atom stereocenters. The van der Waals surface area contributed by atoms with E-state index in [4.69, 9.17) is 18.0 Å². The molecule has 1 saturated carbocycles. The Morgan fingerprint density at radius 3 is 2.35 bits per heavy atom. The molecule has 0 radical (unpaired) electrons. The van der Waals surface area contributed by atoms with E-state index in [1.165, 1.54) is 0 Å². The molecule has 0 amide bonds. The standard InChI is InChI=1S/C14H20N2O2S2/c1-14(8-2-3-9-14)16-20(17,18)10-11-4-6-12(7-5-11)13(15)19/h4-7,16H,2-3,8-10H2,1H3,(H2,15,19). The molecule has 1 aromatic rings. The molecule has 4 nitrogen and oxygen atoms in total. The Hall–Kier alpha value is -0.980. The van der Waals surface area contributed by atoms with Crippen molar-refractivity contribution in [3.63, 3.8) is 0 Å². The first-order valence-electron chi connectivity index (χ1n) is 6.70. The summed E-state index contributed by atoms with van der Waals surface area (Å²) < 4.78 is 27.3. The first kappa shape index (κ1) is 15.4. The monoisotopic (exact) mass is 312 g/mol. The van der Waals surface area contributed by atoms with Crippen molar-refractivity contribution in [1.29, 1.82) is 0 Å². The van der Waals surface area contributed by atoms with Crippen LogP contribution >= 0.6 is 12.2 Å². The van der Waals surface area contributed by atoms with E-state index >= 15 is 0 Å². The van der Waals surface area contributed by atoms with Gasteiger partial charge >= 0.3 is 0 Å². The van der Waals surface area contributed by atoms with Gasteiger partial charge in [-0.25, -0.2) is 13.1 Å². The van der Waals surface area contributed by atoms with Crippen LogP contribution in [-0.2, 0) is 15.8 Å². The maximum absolute atomic E-state index is 12.2. The molecule has 110 valence electrons. The van der Waals surface area contributed by atoms with Crippen molar-refractivity contribution in [3.8, 4) is 0 Å². The van der Waals surface area contributed by atoms with Crippen LogP contribution in [0.3, 0.4) is 0 Å². The molecule has 0 saturated heterocycles. The highest BCUT2D eigenvalue weighted by molar-refractivity contribution is 7.88. The average molecular weight is 312 g/mol. The van der Waals surface area contributed by atoms with Crippen molar-refractivity contribution in [2.45, 2.75) is 43.9 Å². The molecule has 2 rings (SSSR count). The Labute approximate surface area is 125 Å². The van der Waals surface area contributed by atoms with Gasteiger partial charge in [0, 0.05) is 11.1 Å². The second-order valence-corrected chi connectivity index (χ2v) is 7.85. The summed E-state index contributed by atoms with van der Waals surface area (Å²) in [6.07, 6.45) is 3.99. The number of nitrogens with one attached hydrogen (secondary N) is 1. The molecule has 0 heterocycles. The molecular weight excluding hydrogens is 292 g/mol.